The molecule has 0 unspecified atom stereocenters. The zero-order chi connectivity index (χ0) is 16.1. The van der Waals surface area contributed by atoms with E-state index in [0.29, 0.717) is 5.02 Å². The Hall–Kier alpha value is -1.07. The van der Waals surface area contributed by atoms with Gasteiger partial charge in [0.05, 0.1) is 10.6 Å². The molecule has 0 radical (unpaired) electrons. The molecule has 1 aliphatic heterocycles. The standard InChI is InChI=1S/C16H19BrClNO3/c1-2-12-5-3-4-8-19(12)15(20)10-22-16(21)13-9-11(17)6-7-14(13)18/h6-7,9,12H,2-5,8,10H2,1H3/t12-/m1/s1. The Morgan fingerprint density at radius 1 is 1.41 bits per heavy atom. The molecule has 2 rings (SSSR count). The third-order valence-corrected chi connectivity index (χ3v) is 4.72. The second-order valence-corrected chi connectivity index (χ2v) is 6.67. The summed E-state index contributed by atoms with van der Waals surface area (Å²) in [5.41, 5.74) is 0.259. The Labute approximate surface area is 143 Å². The van der Waals surface area contributed by atoms with Gasteiger partial charge < -0.3 is 9.64 Å². The molecule has 1 saturated heterocycles. The van der Waals surface area contributed by atoms with Gasteiger partial charge in [0.15, 0.2) is 6.61 Å². The monoisotopic (exact) mass is 387 g/mol. The van der Waals surface area contributed by atoms with Gasteiger partial charge in [-0.3, -0.25) is 4.79 Å². The summed E-state index contributed by atoms with van der Waals surface area (Å²) in [4.78, 5) is 26.2. The fourth-order valence-electron chi connectivity index (χ4n) is 2.70. The van der Waals surface area contributed by atoms with Gasteiger partial charge in [-0.1, -0.05) is 34.5 Å². The Bertz CT molecular complexity index is 564. The lowest BCUT2D eigenvalue weighted by molar-refractivity contribution is -0.138. The number of esters is 1. The number of halogens is 2. The maximum absolute atomic E-state index is 12.3. The van der Waals surface area contributed by atoms with Crippen LogP contribution in [0.3, 0.4) is 0 Å². The highest BCUT2D eigenvalue weighted by Gasteiger charge is 2.26. The van der Waals surface area contributed by atoms with Gasteiger partial charge in [-0.05, 0) is 43.9 Å². The highest BCUT2D eigenvalue weighted by Crippen LogP contribution is 2.22. The number of rotatable bonds is 4. The van der Waals surface area contributed by atoms with E-state index in [1.54, 1.807) is 18.2 Å². The summed E-state index contributed by atoms with van der Waals surface area (Å²) in [5.74, 6) is -0.712. The van der Waals surface area contributed by atoms with E-state index in [1.165, 1.54) is 0 Å². The molecule has 1 atom stereocenters. The Kier molecular flexibility index (Phi) is 6.26. The maximum Gasteiger partial charge on any atom is 0.340 e. The molecular formula is C16H19BrClNO3. The van der Waals surface area contributed by atoms with Gasteiger partial charge in [-0.15, -0.1) is 0 Å². The smallest absolute Gasteiger partial charge is 0.340 e. The third kappa shape index (κ3) is 4.23. The first-order chi connectivity index (χ1) is 10.5. The van der Waals surface area contributed by atoms with Crippen molar-refractivity contribution in [2.24, 2.45) is 0 Å². The Balaban J connectivity index is 1.95. The van der Waals surface area contributed by atoms with E-state index in [9.17, 15) is 9.59 Å². The van der Waals surface area contributed by atoms with Crippen molar-refractivity contribution in [3.8, 4) is 0 Å². The largest absolute Gasteiger partial charge is 0.452 e. The van der Waals surface area contributed by atoms with Crippen molar-refractivity contribution < 1.29 is 14.3 Å². The molecule has 1 amide bonds. The van der Waals surface area contributed by atoms with E-state index >= 15 is 0 Å². The van der Waals surface area contributed by atoms with Crippen molar-refractivity contribution in [1.82, 2.24) is 4.90 Å². The number of amides is 1. The predicted molar refractivity (Wildman–Crippen MR) is 89.1 cm³/mol. The van der Waals surface area contributed by atoms with Gasteiger partial charge >= 0.3 is 5.97 Å². The topological polar surface area (TPSA) is 46.6 Å². The molecule has 0 N–H and O–H groups in total. The average molecular weight is 389 g/mol. The van der Waals surface area contributed by atoms with Crippen LogP contribution in [0.1, 0.15) is 43.0 Å². The highest BCUT2D eigenvalue weighted by atomic mass is 79.9. The van der Waals surface area contributed by atoms with Crippen LogP contribution in [-0.4, -0.2) is 36.0 Å². The Morgan fingerprint density at radius 2 is 2.18 bits per heavy atom. The second kappa shape index (κ2) is 7.97. The van der Waals surface area contributed by atoms with Crippen LogP contribution < -0.4 is 0 Å². The number of hydrogen-bond acceptors (Lipinski definition) is 3. The van der Waals surface area contributed by atoms with E-state index < -0.39 is 5.97 Å². The molecule has 1 aliphatic rings. The molecule has 0 bridgehead atoms. The molecule has 120 valence electrons. The first kappa shape index (κ1) is 17.3. The maximum atomic E-state index is 12.3. The Morgan fingerprint density at radius 3 is 2.91 bits per heavy atom. The van der Waals surface area contributed by atoms with E-state index in [2.05, 4.69) is 22.9 Å². The van der Waals surface area contributed by atoms with Crippen molar-refractivity contribution in [3.63, 3.8) is 0 Å². The normalized spacial score (nSPS) is 18.1. The summed E-state index contributed by atoms with van der Waals surface area (Å²) in [7, 11) is 0. The lowest BCUT2D eigenvalue weighted by Gasteiger charge is -2.35. The SMILES string of the molecule is CC[C@@H]1CCCCN1C(=O)COC(=O)c1cc(Br)ccc1Cl. The number of carbonyl (C=O) groups is 2. The molecule has 4 nitrogen and oxygen atoms in total. The van der Waals surface area contributed by atoms with Crippen LogP contribution in [0.5, 0.6) is 0 Å². The minimum atomic E-state index is -0.579. The molecule has 6 heteroatoms. The van der Waals surface area contributed by atoms with Crippen LogP contribution in [0, 0.1) is 0 Å². The number of ether oxygens (including phenoxy) is 1. The molecule has 1 heterocycles. The number of carbonyl (C=O) groups excluding carboxylic acids is 2. The van der Waals surface area contributed by atoms with Gasteiger partial charge in [0.25, 0.3) is 5.91 Å². The van der Waals surface area contributed by atoms with E-state index in [4.69, 9.17) is 16.3 Å². The predicted octanol–water partition coefficient (Wildman–Crippen LogP) is 4.05. The third-order valence-electron chi connectivity index (χ3n) is 3.89. The fourth-order valence-corrected chi connectivity index (χ4v) is 3.25. The minimum Gasteiger partial charge on any atom is -0.452 e. The van der Waals surface area contributed by atoms with Crippen LogP contribution >= 0.6 is 27.5 Å². The van der Waals surface area contributed by atoms with Crippen molar-refractivity contribution in [2.75, 3.05) is 13.2 Å². The van der Waals surface area contributed by atoms with Crippen LogP contribution in [0.25, 0.3) is 0 Å². The first-order valence-electron chi connectivity index (χ1n) is 7.44. The molecule has 0 aliphatic carbocycles. The molecule has 1 aromatic rings. The summed E-state index contributed by atoms with van der Waals surface area (Å²) in [6.07, 6.45) is 4.11. The second-order valence-electron chi connectivity index (χ2n) is 5.35. The number of piperidine rings is 1. The van der Waals surface area contributed by atoms with Gasteiger partial charge in [0.1, 0.15) is 0 Å². The van der Waals surface area contributed by atoms with Gasteiger partial charge in [-0.2, -0.15) is 0 Å². The van der Waals surface area contributed by atoms with Crippen molar-refractivity contribution in [2.45, 2.75) is 38.6 Å². The number of benzene rings is 1. The summed E-state index contributed by atoms with van der Waals surface area (Å²) >= 11 is 9.27. The van der Waals surface area contributed by atoms with Crippen LogP contribution in [0.15, 0.2) is 22.7 Å². The fraction of sp³-hybridized carbons (Fsp3) is 0.500. The zero-order valence-electron chi connectivity index (χ0n) is 12.5. The molecule has 22 heavy (non-hydrogen) atoms. The van der Waals surface area contributed by atoms with E-state index in [0.717, 1.165) is 36.7 Å². The molecule has 0 spiro atoms. The molecule has 0 aromatic heterocycles. The molecular weight excluding hydrogens is 370 g/mol. The lowest BCUT2D eigenvalue weighted by atomic mass is 10.00. The average Bonchev–Trinajstić information content (AvgIpc) is 2.54. The summed E-state index contributed by atoms with van der Waals surface area (Å²) in [5, 5.41) is 0.310. The van der Waals surface area contributed by atoms with E-state index in [-0.39, 0.29) is 24.1 Å². The van der Waals surface area contributed by atoms with Crippen molar-refractivity contribution >= 4 is 39.4 Å². The summed E-state index contributed by atoms with van der Waals surface area (Å²) < 4.78 is 5.87. The van der Waals surface area contributed by atoms with E-state index in [1.807, 2.05) is 4.90 Å². The van der Waals surface area contributed by atoms with Crippen LogP contribution in [-0.2, 0) is 9.53 Å². The van der Waals surface area contributed by atoms with Gasteiger partial charge in [0.2, 0.25) is 0 Å². The highest BCUT2D eigenvalue weighted by molar-refractivity contribution is 9.10. The minimum absolute atomic E-state index is 0.133. The number of hydrogen-bond donors (Lipinski definition) is 0. The van der Waals surface area contributed by atoms with Gasteiger partial charge in [0, 0.05) is 17.1 Å². The first-order valence-corrected chi connectivity index (χ1v) is 8.61. The van der Waals surface area contributed by atoms with Crippen LogP contribution in [0.2, 0.25) is 5.02 Å². The van der Waals surface area contributed by atoms with Crippen LogP contribution in [0.4, 0.5) is 0 Å². The summed E-state index contributed by atoms with van der Waals surface area (Å²) in [6.45, 7) is 2.58. The zero-order valence-corrected chi connectivity index (χ0v) is 14.8. The van der Waals surface area contributed by atoms with Crippen molar-refractivity contribution in [3.05, 3.63) is 33.3 Å². The van der Waals surface area contributed by atoms with Gasteiger partial charge in [-0.25, -0.2) is 4.79 Å². The molecule has 1 aromatic carbocycles. The summed E-state index contributed by atoms with van der Waals surface area (Å²) in [6, 6.07) is 5.20. The number of nitrogens with zero attached hydrogens (tertiary/aromatic N) is 1. The van der Waals surface area contributed by atoms with Crippen molar-refractivity contribution in [1.29, 1.82) is 0 Å². The lowest BCUT2D eigenvalue weighted by Crippen LogP contribution is -2.45. The molecule has 1 fully saturated rings. The molecule has 0 saturated carbocycles. The quantitative estimate of drug-likeness (QED) is 0.731. The number of likely N-dealkylation sites (tertiary alicyclic amines) is 1.